The average Bonchev–Trinajstić information content (AvgIpc) is 2.74. The van der Waals surface area contributed by atoms with Crippen LogP contribution in [0.5, 0.6) is 0 Å². The molecule has 2 heterocycles. The molecule has 1 aliphatic rings. The quantitative estimate of drug-likeness (QED) is 0.626. The van der Waals surface area contributed by atoms with Gasteiger partial charge in [-0.25, -0.2) is 0 Å². The molecule has 4 rings (SSSR count). The summed E-state index contributed by atoms with van der Waals surface area (Å²) in [5.41, 5.74) is 3.73. The molecule has 0 saturated carbocycles. The van der Waals surface area contributed by atoms with Gasteiger partial charge >= 0.3 is 0 Å². The molecule has 0 radical (unpaired) electrons. The van der Waals surface area contributed by atoms with E-state index in [4.69, 9.17) is 0 Å². The standard InChI is InChI=1S/C18H13BrN2OS/c19-13-5-7-14(8-6-13)21-17(22)11-12-9-10-23-16-4-2-1-3-15(16)18(12)20-21/h1-8,11H,9-10H2. The van der Waals surface area contributed by atoms with Gasteiger partial charge in [0.05, 0.1) is 11.4 Å². The molecule has 5 heteroatoms. The molecule has 23 heavy (non-hydrogen) atoms. The topological polar surface area (TPSA) is 34.9 Å². The van der Waals surface area contributed by atoms with Crippen molar-refractivity contribution in [3.63, 3.8) is 0 Å². The van der Waals surface area contributed by atoms with Gasteiger partial charge in [-0.3, -0.25) is 4.79 Å². The maximum absolute atomic E-state index is 12.5. The Morgan fingerprint density at radius 2 is 1.87 bits per heavy atom. The monoisotopic (exact) mass is 384 g/mol. The number of hydrogen-bond donors (Lipinski definition) is 0. The fourth-order valence-electron chi connectivity index (χ4n) is 2.74. The van der Waals surface area contributed by atoms with Crippen molar-refractivity contribution < 1.29 is 0 Å². The highest BCUT2D eigenvalue weighted by atomic mass is 79.9. The van der Waals surface area contributed by atoms with Gasteiger partial charge in [-0.15, -0.1) is 11.8 Å². The number of hydrogen-bond acceptors (Lipinski definition) is 3. The van der Waals surface area contributed by atoms with Crippen molar-refractivity contribution in [3.05, 3.63) is 75.0 Å². The molecule has 0 spiro atoms. The van der Waals surface area contributed by atoms with Crippen LogP contribution in [0.4, 0.5) is 0 Å². The van der Waals surface area contributed by atoms with Crippen molar-refractivity contribution in [1.82, 2.24) is 9.78 Å². The van der Waals surface area contributed by atoms with Crippen LogP contribution in [0.2, 0.25) is 0 Å². The lowest BCUT2D eigenvalue weighted by molar-refractivity contribution is 0.800. The first-order valence-electron chi connectivity index (χ1n) is 7.34. The first kappa shape index (κ1) is 14.7. The second-order valence-corrected chi connectivity index (χ2v) is 7.39. The SMILES string of the molecule is O=c1cc2c(nn1-c1ccc(Br)cc1)-c1ccccc1SCC2. The van der Waals surface area contributed by atoms with Gasteiger partial charge in [-0.2, -0.15) is 9.78 Å². The third kappa shape index (κ3) is 2.75. The summed E-state index contributed by atoms with van der Waals surface area (Å²) in [6, 6.07) is 17.6. The van der Waals surface area contributed by atoms with Crippen LogP contribution in [0.3, 0.4) is 0 Å². The van der Waals surface area contributed by atoms with Crippen LogP contribution in [-0.4, -0.2) is 15.5 Å². The summed E-state index contributed by atoms with van der Waals surface area (Å²) in [5, 5.41) is 4.69. The first-order valence-corrected chi connectivity index (χ1v) is 9.11. The second-order valence-electron chi connectivity index (χ2n) is 5.34. The zero-order valence-electron chi connectivity index (χ0n) is 12.2. The highest BCUT2D eigenvalue weighted by Crippen LogP contribution is 2.35. The average molecular weight is 385 g/mol. The summed E-state index contributed by atoms with van der Waals surface area (Å²) in [5.74, 6) is 0.966. The Hall–Kier alpha value is -1.85. The maximum atomic E-state index is 12.5. The minimum absolute atomic E-state index is 0.0875. The molecule has 0 unspecified atom stereocenters. The summed E-state index contributed by atoms with van der Waals surface area (Å²) in [4.78, 5) is 13.7. The Morgan fingerprint density at radius 1 is 1.09 bits per heavy atom. The van der Waals surface area contributed by atoms with E-state index in [0.29, 0.717) is 0 Å². The van der Waals surface area contributed by atoms with E-state index in [1.807, 2.05) is 48.2 Å². The zero-order valence-corrected chi connectivity index (χ0v) is 14.6. The normalized spacial score (nSPS) is 13.1. The molecular weight excluding hydrogens is 372 g/mol. The number of thioether (sulfide) groups is 1. The minimum Gasteiger partial charge on any atom is -0.267 e. The molecule has 114 valence electrons. The summed E-state index contributed by atoms with van der Waals surface area (Å²) in [7, 11) is 0. The molecule has 0 bridgehead atoms. The Kier molecular flexibility index (Phi) is 3.83. The Balaban J connectivity index is 1.95. The van der Waals surface area contributed by atoms with Crippen molar-refractivity contribution in [2.75, 3.05) is 5.75 Å². The maximum Gasteiger partial charge on any atom is 0.271 e. The summed E-state index contributed by atoms with van der Waals surface area (Å²) in [6.07, 6.45) is 0.859. The van der Waals surface area contributed by atoms with E-state index in [9.17, 15) is 4.79 Å². The molecule has 1 aliphatic heterocycles. The Morgan fingerprint density at radius 3 is 2.70 bits per heavy atom. The number of aromatic nitrogens is 2. The molecule has 0 amide bonds. The Labute approximate surface area is 146 Å². The number of benzene rings is 2. The molecule has 0 fully saturated rings. The van der Waals surface area contributed by atoms with Crippen LogP contribution in [0.15, 0.2) is 68.8 Å². The van der Waals surface area contributed by atoms with Gasteiger partial charge in [0.2, 0.25) is 0 Å². The highest BCUT2D eigenvalue weighted by molar-refractivity contribution is 9.10. The lowest BCUT2D eigenvalue weighted by Crippen LogP contribution is -2.22. The molecule has 0 saturated heterocycles. The number of fused-ring (bicyclic) bond motifs is 3. The molecule has 0 atom stereocenters. The van der Waals surface area contributed by atoms with Crippen molar-refractivity contribution in [3.8, 4) is 16.9 Å². The molecule has 0 N–H and O–H groups in total. The predicted molar refractivity (Wildman–Crippen MR) is 97.4 cm³/mol. The minimum atomic E-state index is -0.0875. The van der Waals surface area contributed by atoms with E-state index in [-0.39, 0.29) is 5.56 Å². The largest absolute Gasteiger partial charge is 0.271 e. The van der Waals surface area contributed by atoms with E-state index in [0.717, 1.165) is 39.2 Å². The van der Waals surface area contributed by atoms with Crippen molar-refractivity contribution in [2.24, 2.45) is 0 Å². The van der Waals surface area contributed by atoms with Crippen LogP contribution in [-0.2, 0) is 6.42 Å². The third-order valence-corrected chi connectivity index (χ3v) is 5.46. The third-order valence-electron chi connectivity index (χ3n) is 3.85. The van der Waals surface area contributed by atoms with Gasteiger partial charge in [-0.05, 0) is 42.3 Å². The van der Waals surface area contributed by atoms with Crippen LogP contribution >= 0.6 is 27.7 Å². The lowest BCUT2D eigenvalue weighted by Gasteiger charge is -2.11. The summed E-state index contributed by atoms with van der Waals surface area (Å²) < 4.78 is 2.46. The Bertz CT molecular complexity index is 934. The van der Waals surface area contributed by atoms with E-state index in [2.05, 4.69) is 33.2 Å². The second kappa shape index (κ2) is 5.98. The number of nitrogens with zero attached hydrogens (tertiary/aromatic N) is 2. The lowest BCUT2D eigenvalue weighted by atomic mass is 10.1. The summed E-state index contributed by atoms with van der Waals surface area (Å²) >= 11 is 5.24. The van der Waals surface area contributed by atoms with Gasteiger partial charge in [0.1, 0.15) is 0 Å². The van der Waals surface area contributed by atoms with Gasteiger partial charge in [0.25, 0.3) is 5.56 Å². The van der Waals surface area contributed by atoms with Gasteiger partial charge in [0.15, 0.2) is 0 Å². The zero-order chi connectivity index (χ0) is 15.8. The molecule has 3 aromatic rings. The van der Waals surface area contributed by atoms with Crippen LogP contribution in [0.25, 0.3) is 16.9 Å². The molecule has 3 nitrogen and oxygen atoms in total. The summed E-state index contributed by atoms with van der Waals surface area (Å²) in [6.45, 7) is 0. The fourth-order valence-corrected chi connectivity index (χ4v) is 4.04. The van der Waals surface area contributed by atoms with Crippen molar-refractivity contribution >= 4 is 27.7 Å². The van der Waals surface area contributed by atoms with Crippen molar-refractivity contribution in [1.29, 1.82) is 0 Å². The van der Waals surface area contributed by atoms with E-state index in [1.165, 1.54) is 9.58 Å². The van der Waals surface area contributed by atoms with E-state index < -0.39 is 0 Å². The molecule has 0 aliphatic carbocycles. The number of aryl methyl sites for hydroxylation is 1. The van der Waals surface area contributed by atoms with Gasteiger partial charge < -0.3 is 0 Å². The fraction of sp³-hybridized carbons (Fsp3) is 0.111. The van der Waals surface area contributed by atoms with Crippen molar-refractivity contribution in [2.45, 2.75) is 11.3 Å². The van der Waals surface area contributed by atoms with E-state index >= 15 is 0 Å². The number of halogens is 1. The van der Waals surface area contributed by atoms with Gasteiger partial charge in [0, 0.05) is 26.8 Å². The smallest absolute Gasteiger partial charge is 0.267 e. The number of rotatable bonds is 1. The van der Waals surface area contributed by atoms with E-state index in [1.54, 1.807) is 6.07 Å². The predicted octanol–water partition coefficient (Wildman–Crippen LogP) is 4.31. The molecule has 1 aromatic heterocycles. The van der Waals surface area contributed by atoms with Crippen LogP contribution in [0.1, 0.15) is 5.56 Å². The van der Waals surface area contributed by atoms with Gasteiger partial charge in [-0.1, -0.05) is 34.1 Å². The highest BCUT2D eigenvalue weighted by Gasteiger charge is 2.18. The molecular formula is C18H13BrN2OS. The first-order chi connectivity index (χ1) is 11.2. The van der Waals surface area contributed by atoms with Crippen LogP contribution in [0, 0.1) is 0 Å². The van der Waals surface area contributed by atoms with Crippen LogP contribution < -0.4 is 5.56 Å². The molecule has 2 aromatic carbocycles.